The minimum atomic E-state index is 0.525. The number of nitrogens with zero attached hydrogens (tertiary/aromatic N) is 3. The number of hydrogen-bond acceptors (Lipinski definition) is 4. The molecule has 0 fully saturated rings. The summed E-state index contributed by atoms with van der Waals surface area (Å²) in [6.45, 7) is 13.2. The molecule has 4 nitrogen and oxygen atoms in total. The molecule has 108 valence electrons. The van der Waals surface area contributed by atoms with Gasteiger partial charge in [0.1, 0.15) is 0 Å². The van der Waals surface area contributed by atoms with Crippen LogP contribution in [0.25, 0.3) is 0 Å². The third kappa shape index (κ3) is 3.66. The summed E-state index contributed by atoms with van der Waals surface area (Å²) in [5, 5.41) is 8.67. The van der Waals surface area contributed by atoms with E-state index < -0.39 is 0 Å². The van der Waals surface area contributed by atoms with Crippen molar-refractivity contribution in [1.82, 2.24) is 10.2 Å². The van der Waals surface area contributed by atoms with Crippen molar-refractivity contribution in [3.63, 3.8) is 0 Å². The van der Waals surface area contributed by atoms with E-state index in [4.69, 9.17) is 5.73 Å². The van der Waals surface area contributed by atoms with Gasteiger partial charge in [-0.3, -0.25) is 0 Å². The fourth-order valence-corrected chi connectivity index (χ4v) is 2.37. The fraction of sp³-hybridized carbons (Fsp3) is 0.733. The Morgan fingerprint density at radius 3 is 2.21 bits per heavy atom. The molecule has 0 aliphatic rings. The Balaban J connectivity index is 3.07. The second kappa shape index (κ2) is 7.43. The number of hydrogen-bond donors (Lipinski definition) is 1. The highest BCUT2D eigenvalue weighted by atomic mass is 15.3. The van der Waals surface area contributed by atoms with Crippen LogP contribution in [0.3, 0.4) is 0 Å². The molecule has 0 spiro atoms. The molecule has 0 atom stereocenters. The summed E-state index contributed by atoms with van der Waals surface area (Å²) < 4.78 is 0. The molecule has 0 radical (unpaired) electrons. The Bertz CT molecular complexity index is 399. The molecule has 2 N–H and O–H groups in total. The molecule has 0 amide bonds. The van der Waals surface area contributed by atoms with E-state index >= 15 is 0 Å². The molecule has 19 heavy (non-hydrogen) atoms. The summed E-state index contributed by atoms with van der Waals surface area (Å²) in [6.07, 6.45) is 2.40. The molecule has 0 saturated heterocycles. The van der Waals surface area contributed by atoms with Crippen LogP contribution in [0.1, 0.15) is 50.4 Å². The van der Waals surface area contributed by atoms with Gasteiger partial charge in [0.05, 0.1) is 5.69 Å². The van der Waals surface area contributed by atoms with E-state index in [1.807, 2.05) is 6.92 Å². The van der Waals surface area contributed by atoms with Gasteiger partial charge in [-0.2, -0.15) is 5.10 Å². The molecule has 0 aliphatic heterocycles. The molecular formula is C15H28N4. The molecule has 0 bridgehead atoms. The highest BCUT2D eigenvalue weighted by molar-refractivity contribution is 5.50. The molecule has 0 aliphatic carbocycles. The lowest BCUT2D eigenvalue weighted by atomic mass is 10.0. The lowest BCUT2D eigenvalue weighted by Gasteiger charge is -2.28. The Labute approximate surface area is 117 Å². The van der Waals surface area contributed by atoms with Crippen LogP contribution >= 0.6 is 0 Å². The molecule has 1 aromatic rings. The summed E-state index contributed by atoms with van der Waals surface area (Å²) in [5.74, 6) is 1.67. The normalized spacial score (nSPS) is 11.1. The Morgan fingerprint density at radius 1 is 1.11 bits per heavy atom. The molecule has 0 saturated carbocycles. The highest BCUT2D eigenvalue weighted by Crippen LogP contribution is 2.23. The Kier molecular flexibility index (Phi) is 6.22. The van der Waals surface area contributed by atoms with Crippen LogP contribution in [0, 0.1) is 19.8 Å². The maximum Gasteiger partial charge on any atom is 0.156 e. The van der Waals surface area contributed by atoms with Crippen LogP contribution in [0.5, 0.6) is 0 Å². The topological polar surface area (TPSA) is 55.0 Å². The van der Waals surface area contributed by atoms with Crippen molar-refractivity contribution < 1.29 is 0 Å². The Hall–Kier alpha value is -1.16. The first-order valence-electron chi connectivity index (χ1n) is 7.36. The van der Waals surface area contributed by atoms with E-state index in [1.54, 1.807) is 0 Å². The van der Waals surface area contributed by atoms with Gasteiger partial charge >= 0.3 is 0 Å². The van der Waals surface area contributed by atoms with Gasteiger partial charge in [0.25, 0.3) is 0 Å². The van der Waals surface area contributed by atoms with Crippen LogP contribution in [0.4, 0.5) is 5.82 Å². The predicted molar refractivity (Wildman–Crippen MR) is 81.4 cm³/mol. The van der Waals surface area contributed by atoms with E-state index in [9.17, 15) is 0 Å². The van der Waals surface area contributed by atoms with Gasteiger partial charge in [0.15, 0.2) is 5.82 Å². The van der Waals surface area contributed by atoms with Gasteiger partial charge in [-0.15, -0.1) is 5.10 Å². The highest BCUT2D eigenvalue weighted by Gasteiger charge is 2.17. The maximum atomic E-state index is 5.91. The third-order valence-corrected chi connectivity index (χ3v) is 4.08. The van der Waals surface area contributed by atoms with Crippen molar-refractivity contribution in [2.24, 2.45) is 11.7 Å². The molecule has 1 rings (SSSR count). The summed E-state index contributed by atoms with van der Waals surface area (Å²) in [6, 6.07) is 0. The average molecular weight is 264 g/mol. The smallest absolute Gasteiger partial charge is 0.156 e. The number of aromatic nitrogens is 2. The van der Waals surface area contributed by atoms with Crippen molar-refractivity contribution in [2.45, 2.75) is 54.0 Å². The quantitative estimate of drug-likeness (QED) is 0.823. The molecule has 0 unspecified atom stereocenters. The van der Waals surface area contributed by atoms with Gasteiger partial charge in [0.2, 0.25) is 0 Å². The lowest BCUT2D eigenvalue weighted by molar-refractivity contribution is 0.483. The van der Waals surface area contributed by atoms with Crippen LogP contribution in [-0.4, -0.2) is 23.3 Å². The van der Waals surface area contributed by atoms with Crippen molar-refractivity contribution in [3.05, 3.63) is 16.8 Å². The number of rotatable bonds is 7. The largest absolute Gasteiger partial charge is 0.355 e. The Morgan fingerprint density at radius 2 is 1.74 bits per heavy atom. The van der Waals surface area contributed by atoms with Gasteiger partial charge in [-0.1, -0.05) is 26.7 Å². The maximum absolute atomic E-state index is 5.91. The van der Waals surface area contributed by atoms with Crippen LogP contribution in [0.2, 0.25) is 0 Å². The SMILES string of the molecule is CCC(CC)CN(CC)c1nnc(C)c(C)c1CN. The first-order valence-corrected chi connectivity index (χ1v) is 7.36. The van der Waals surface area contributed by atoms with E-state index in [0.29, 0.717) is 12.5 Å². The van der Waals surface area contributed by atoms with Gasteiger partial charge in [-0.25, -0.2) is 0 Å². The van der Waals surface area contributed by atoms with Crippen molar-refractivity contribution in [3.8, 4) is 0 Å². The van der Waals surface area contributed by atoms with E-state index in [2.05, 4.69) is 42.8 Å². The van der Waals surface area contributed by atoms with E-state index in [-0.39, 0.29) is 0 Å². The van der Waals surface area contributed by atoms with E-state index in [1.165, 1.54) is 18.4 Å². The average Bonchev–Trinajstić information content (AvgIpc) is 2.43. The second-order valence-corrected chi connectivity index (χ2v) is 5.14. The van der Waals surface area contributed by atoms with Crippen molar-refractivity contribution >= 4 is 5.82 Å². The zero-order valence-electron chi connectivity index (χ0n) is 13.0. The van der Waals surface area contributed by atoms with Crippen LogP contribution in [-0.2, 0) is 6.54 Å². The van der Waals surface area contributed by atoms with Crippen molar-refractivity contribution in [2.75, 3.05) is 18.0 Å². The zero-order valence-corrected chi connectivity index (χ0v) is 13.0. The fourth-order valence-electron chi connectivity index (χ4n) is 2.37. The standard InChI is InChI=1S/C15H28N4/c1-6-13(7-2)10-19(8-3)15-14(9-16)11(4)12(5)17-18-15/h13H,6-10,16H2,1-5H3. The van der Waals surface area contributed by atoms with Gasteiger partial charge < -0.3 is 10.6 Å². The van der Waals surface area contributed by atoms with Crippen LogP contribution < -0.4 is 10.6 Å². The third-order valence-electron chi connectivity index (χ3n) is 4.08. The molecule has 1 heterocycles. The first-order chi connectivity index (χ1) is 9.08. The zero-order chi connectivity index (χ0) is 14.4. The second-order valence-electron chi connectivity index (χ2n) is 5.14. The molecule has 4 heteroatoms. The van der Waals surface area contributed by atoms with Crippen molar-refractivity contribution in [1.29, 1.82) is 0 Å². The summed E-state index contributed by atoms with van der Waals surface area (Å²) in [5.41, 5.74) is 9.20. The van der Waals surface area contributed by atoms with Gasteiger partial charge in [-0.05, 0) is 32.3 Å². The molecule has 1 aromatic heterocycles. The number of anilines is 1. The predicted octanol–water partition coefficient (Wildman–Crippen LogP) is 2.81. The molecule has 0 aromatic carbocycles. The van der Waals surface area contributed by atoms with Crippen LogP contribution in [0.15, 0.2) is 0 Å². The summed E-state index contributed by atoms with van der Waals surface area (Å²) in [7, 11) is 0. The lowest BCUT2D eigenvalue weighted by Crippen LogP contribution is -2.31. The molecular weight excluding hydrogens is 236 g/mol. The first kappa shape index (κ1) is 15.9. The summed E-state index contributed by atoms with van der Waals surface area (Å²) in [4.78, 5) is 2.32. The van der Waals surface area contributed by atoms with Gasteiger partial charge in [0, 0.05) is 25.2 Å². The minimum absolute atomic E-state index is 0.525. The minimum Gasteiger partial charge on any atom is -0.355 e. The number of nitrogens with two attached hydrogens (primary N) is 1. The summed E-state index contributed by atoms with van der Waals surface area (Å²) >= 11 is 0. The monoisotopic (exact) mass is 264 g/mol. The number of aryl methyl sites for hydroxylation is 1. The van der Waals surface area contributed by atoms with E-state index in [0.717, 1.165) is 30.2 Å².